The van der Waals surface area contributed by atoms with E-state index >= 15 is 0 Å². The van der Waals surface area contributed by atoms with Crippen molar-refractivity contribution in [2.75, 3.05) is 13.7 Å². The zero-order valence-corrected chi connectivity index (χ0v) is 13.8. The van der Waals surface area contributed by atoms with Gasteiger partial charge in [0.05, 0.1) is 11.0 Å². The van der Waals surface area contributed by atoms with Gasteiger partial charge in [-0.15, -0.1) is 0 Å². The quantitative estimate of drug-likeness (QED) is 0.848. The summed E-state index contributed by atoms with van der Waals surface area (Å²) in [6.07, 6.45) is -0.127. The van der Waals surface area contributed by atoms with Crippen LogP contribution in [0.3, 0.4) is 0 Å². The number of hydrogen-bond donors (Lipinski definition) is 2. The summed E-state index contributed by atoms with van der Waals surface area (Å²) in [6.45, 7) is 7.18. The molecule has 3 N–H and O–H groups in total. The van der Waals surface area contributed by atoms with E-state index in [2.05, 4.69) is 5.32 Å². The van der Waals surface area contributed by atoms with E-state index in [0.29, 0.717) is 28.8 Å². The number of sulfonamides is 1. The smallest absolute Gasteiger partial charge is 0.251 e. The van der Waals surface area contributed by atoms with Gasteiger partial charge in [0.15, 0.2) is 0 Å². The lowest BCUT2D eigenvalue weighted by Crippen LogP contribution is -2.33. The maximum absolute atomic E-state index is 12.3. The van der Waals surface area contributed by atoms with Crippen molar-refractivity contribution in [2.45, 2.75) is 38.7 Å². The third-order valence-electron chi connectivity index (χ3n) is 3.37. The van der Waals surface area contributed by atoms with E-state index in [1.807, 2.05) is 6.92 Å². The number of carbonyl (C=O) groups excluding carboxylic acids is 1. The molecule has 118 valence electrons. The van der Waals surface area contributed by atoms with Gasteiger partial charge < -0.3 is 10.1 Å². The number of ether oxygens (including phenoxy) is 1. The molecule has 1 unspecified atom stereocenters. The van der Waals surface area contributed by atoms with E-state index in [1.165, 1.54) is 0 Å². The van der Waals surface area contributed by atoms with Crippen molar-refractivity contribution in [3.63, 3.8) is 0 Å². The van der Waals surface area contributed by atoms with Crippen LogP contribution in [0.2, 0.25) is 0 Å². The molecule has 0 saturated carbocycles. The molecular weight excluding hydrogens is 292 g/mol. The van der Waals surface area contributed by atoms with Crippen molar-refractivity contribution in [3.8, 4) is 0 Å². The lowest BCUT2D eigenvalue weighted by atomic mass is 9.99. The number of aryl methyl sites for hydroxylation is 2. The lowest BCUT2D eigenvalue weighted by Gasteiger charge is -2.17. The number of methoxy groups -OCH3 is 1. The molecule has 0 aromatic heterocycles. The van der Waals surface area contributed by atoms with Crippen molar-refractivity contribution in [1.29, 1.82) is 0 Å². The Balaban J connectivity index is 3.28. The molecule has 1 aromatic carbocycles. The average molecular weight is 314 g/mol. The maximum atomic E-state index is 12.3. The third kappa shape index (κ3) is 4.03. The average Bonchev–Trinajstić information content (AvgIpc) is 2.33. The SMILES string of the molecule is COC(C)CNC(=O)c1c(C)cc(C)c(S(N)(=O)=O)c1C. The van der Waals surface area contributed by atoms with Crippen molar-refractivity contribution < 1.29 is 17.9 Å². The van der Waals surface area contributed by atoms with E-state index in [9.17, 15) is 13.2 Å². The van der Waals surface area contributed by atoms with Crippen LogP contribution in [0.4, 0.5) is 0 Å². The molecule has 7 heteroatoms. The second kappa shape index (κ2) is 6.55. The first-order valence-corrected chi connectivity index (χ1v) is 8.08. The van der Waals surface area contributed by atoms with Crippen LogP contribution in [0, 0.1) is 20.8 Å². The summed E-state index contributed by atoms with van der Waals surface area (Å²) in [5.41, 5.74) is 1.96. The molecule has 1 rings (SSSR count). The molecule has 0 radical (unpaired) electrons. The number of nitrogens with one attached hydrogen (secondary N) is 1. The molecule has 21 heavy (non-hydrogen) atoms. The van der Waals surface area contributed by atoms with Gasteiger partial charge in [-0.2, -0.15) is 0 Å². The zero-order chi connectivity index (χ0) is 16.4. The Kier molecular flexibility index (Phi) is 5.49. The van der Waals surface area contributed by atoms with Gasteiger partial charge in [-0.1, -0.05) is 6.07 Å². The summed E-state index contributed by atoms with van der Waals surface area (Å²) in [6, 6.07) is 1.65. The minimum absolute atomic E-state index is 0.0121. The Morgan fingerprint density at radius 1 is 1.33 bits per heavy atom. The Bertz CT molecular complexity index is 653. The van der Waals surface area contributed by atoms with Crippen LogP contribution in [0.5, 0.6) is 0 Å². The third-order valence-corrected chi connectivity index (χ3v) is 4.56. The van der Waals surface area contributed by atoms with Gasteiger partial charge in [0.25, 0.3) is 5.91 Å². The van der Waals surface area contributed by atoms with Crippen molar-refractivity contribution in [1.82, 2.24) is 5.32 Å². The minimum Gasteiger partial charge on any atom is -0.380 e. The predicted octanol–water partition coefficient (Wildman–Crippen LogP) is 1.02. The van der Waals surface area contributed by atoms with Crippen LogP contribution < -0.4 is 10.5 Å². The number of carbonyl (C=O) groups is 1. The largest absolute Gasteiger partial charge is 0.380 e. The highest BCUT2D eigenvalue weighted by Gasteiger charge is 2.22. The van der Waals surface area contributed by atoms with Crippen molar-refractivity contribution in [2.24, 2.45) is 5.14 Å². The molecule has 0 aliphatic rings. The molecule has 1 amide bonds. The maximum Gasteiger partial charge on any atom is 0.251 e. The van der Waals surface area contributed by atoms with Gasteiger partial charge in [-0.05, 0) is 44.4 Å². The van der Waals surface area contributed by atoms with E-state index in [0.717, 1.165) is 0 Å². The van der Waals surface area contributed by atoms with Crippen molar-refractivity contribution >= 4 is 15.9 Å². The van der Waals surface area contributed by atoms with E-state index in [-0.39, 0.29) is 16.9 Å². The van der Waals surface area contributed by atoms with Gasteiger partial charge in [-0.25, -0.2) is 13.6 Å². The second-order valence-corrected chi connectivity index (χ2v) is 6.64. The van der Waals surface area contributed by atoms with Crippen LogP contribution in [0.25, 0.3) is 0 Å². The van der Waals surface area contributed by atoms with E-state index < -0.39 is 10.0 Å². The fourth-order valence-electron chi connectivity index (χ4n) is 2.36. The van der Waals surface area contributed by atoms with Gasteiger partial charge in [0.1, 0.15) is 0 Å². The first-order chi connectivity index (χ1) is 9.59. The van der Waals surface area contributed by atoms with Crippen LogP contribution in [0.1, 0.15) is 34.0 Å². The summed E-state index contributed by atoms with van der Waals surface area (Å²) in [4.78, 5) is 12.3. The summed E-state index contributed by atoms with van der Waals surface area (Å²) < 4.78 is 28.5. The Labute approximate surface area is 125 Å². The van der Waals surface area contributed by atoms with E-state index in [4.69, 9.17) is 9.88 Å². The zero-order valence-electron chi connectivity index (χ0n) is 13.0. The monoisotopic (exact) mass is 314 g/mol. The number of benzene rings is 1. The first-order valence-electron chi connectivity index (χ1n) is 6.54. The van der Waals surface area contributed by atoms with Gasteiger partial charge in [0, 0.05) is 19.2 Å². The fraction of sp³-hybridized carbons (Fsp3) is 0.500. The van der Waals surface area contributed by atoms with Crippen molar-refractivity contribution in [3.05, 3.63) is 28.3 Å². The molecule has 0 heterocycles. The summed E-state index contributed by atoms with van der Waals surface area (Å²) in [5.74, 6) is -0.334. The highest BCUT2D eigenvalue weighted by Crippen LogP contribution is 2.25. The first kappa shape index (κ1) is 17.6. The van der Waals surface area contributed by atoms with Gasteiger partial charge in [0.2, 0.25) is 10.0 Å². The molecule has 0 bridgehead atoms. The molecule has 1 aromatic rings. The number of amides is 1. The Hall–Kier alpha value is -1.44. The number of nitrogens with two attached hydrogens (primary N) is 1. The normalized spacial score (nSPS) is 13.0. The summed E-state index contributed by atoms with van der Waals surface area (Å²) in [5, 5.41) is 7.97. The molecule has 1 atom stereocenters. The molecule has 0 saturated heterocycles. The standard InChI is InChI=1S/C14H22N2O4S/c1-8-6-9(2)13(21(15,18)19)11(4)12(8)14(17)16-7-10(3)20-5/h6,10H,7H2,1-5H3,(H,16,17)(H2,15,18,19). The summed E-state index contributed by atoms with van der Waals surface area (Å²) >= 11 is 0. The highest BCUT2D eigenvalue weighted by molar-refractivity contribution is 7.89. The second-order valence-electron chi connectivity index (χ2n) is 5.14. The topological polar surface area (TPSA) is 98.5 Å². The number of rotatable bonds is 5. The number of hydrogen-bond acceptors (Lipinski definition) is 4. The highest BCUT2D eigenvalue weighted by atomic mass is 32.2. The molecule has 0 spiro atoms. The van der Waals surface area contributed by atoms with Crippen LogP contribution in [-0.2, 0) is 14.8 Å². The fourth-order valence-corrected chi connectivity index (χ4v) is 3.40. The van der Waals surface area contributed by atoms with Crippen LogP contribution >= 0.6 is 0 Å². The number of primary sulfonamides is 1. The molecule has 0 aliphatic heterocycles. The minimum atomic E-state index is -3.88. The van der Waals surface area contributed by atoms with Gasteiger partial charge in [-0.3, -0.25) is 4.79 Å². The molecule has 6 nitrogen and oxygen atoms in total. The predicted molar refractivity (Wildman–Crippen MR) is 80.8 cm³/mol. The molecule has 0 aliphatic carbocycles. The Morgan fingerprint density at radius 2 is 1.90 bits per heavy atom. The summed E-state index contributed by atoms with van der Waals surface area (Å²) in [7, 11) is -2.32. The lowest BCUT2D eigenvalue weighted by molar-refractivity contribution is 0.0869. The van der Waals surface area contributed by atoms with E-state index in [1.54, 1.807) is 33.9 Å². The Morgan fingerprint density at radius 3 is 2.38 bits per heavy atom. The molecule has 0 fully saturated rings. The van der Waals surface area contributed by atoms with Crippen LogP contribution in [0.15, 0.2) is 11.0 Å². The van der Waals surface area contributed by atoms with Gasteiger partial charge >= 0.3 is 0 Å². The van der Waals surface area contributed by atoms with Crippen LogP contribution in [-0.4, -0.2) is 34.1 Å². The molecular formula is C14H22N2O4S.